The molecule has 0 aliphatic carbocycles. The number of amides is 3. The van der Waals surface area contributed by atoms with Crippen molar-refractivity contribution < 1.29 is 14.4 Å². The van der Waals surface area contributed by atoms with Gasteiger partial charge in [0, 0.05) is 34.4 Å². The minimum atomic E-state index is -0.132. The Morgan fingerprint density at radius 3 is 1.19 bits per heavy atom. The molecule has 0 aliphatic heterocycles. The monoisotopic (exact) mass is 682 g/mol. The third kappa shape index (κ3) is 30.5. The maximum Gasteiger partial charge on any atom is 0.224 e. The van der Waals surface area contributed by atoms with Crippen molar-refractivity contribution in [1.82, 2.24) is 16.0 Å². The molecule has 0 saturated heterocycles. The lowest BCUT2D eigenvalue weighted by molar-refractivity contribution is -0.130. The molecule has 48 heavy (non-hydrogen) atoms. The summed E-state index contributed by atoms with van der Waals surface area (Å²) in [6.07, 6.45) is 10.8. The third-order valence-electron chi connectivity index (χ3n) is 7.85. The van der Waals surface area contributed by atoms with Crippen LogP contribution in [0.15, 0.2) is 0 Å². The summed E-state index contributed by atoms with van der Waals surface area (Å²) in [5.74, 6) is 1.52. The molecule has 6 nitrogen and oxygen atoms in total. The van der Waals surface area contributed by atoms with Gasteiger partial charge in [0.1, 0.15) is 0 Å². The van der Waals surface area contributed by atoms with Crippen molar-refractivity contribution in [3.63, 3.8) is 0 Å². The van der Waals surface area contributed by atoms with E-state index in [-0.39, 0.29) is 62.9 Å². The second-order valence-corrected chi connectivity index (χ2v) is 19.9. The number of rotatable bonds is 14. The molecule has 0 saturated carbocycles. The molecule has 3 N–H and O–H groups in total. The Hall–Kier alpha value is -1.59. The normalized spacial score (nSPS) is 14.4. The number of carbonyl (C=O) groups excluding carboxylic acids is 3. The highest BCUT2D eigenvalue weighted by molar-refractivity contribution is 5.80. The Morgan fingerprint density at radius 1 is 0.500 bits per heavy atom. The summed E-state index contributed by atoms with van der Waals surface area (Å²) in [6.45, 7) is 42.1. The number of unbranched alkanes of at least 4 members (excludes halogenated alkanes) is 3. The van der Waals surface area contributed by atoms with Crippen LogP contribution in [0.4, 0.5) is 0 Å². The van der Waals surface area contributed by atoms with Crippen LogP contribution in [0, 0.1) is 34.5 Å². The lowest BCUT2D eigenvalue weighted by Crippen LogP contribution is -2.46. The SMILES string of the molecule is CCCCC(C(=O)NC(C)(C)C)C(C)(C)C.CCCCC(C(=O)NC(C)(C)C)C(C)C.CCCCC(CC(C)(C)C)C(=O)NC(C)(C)C. The highest BCUT2D eigenvalue weighted by atomic mass is 16.2. The van der Waals surface area contributed by atoms with E-state index in [2.05, 4.69) is 92.1 Å². The van der Waals surface area contributed by atoms with Crippen LogP contribution in [0.3, 0.4) is 0 Å². The standard InChI is InChI=1S/C15H31NO.C14H29NO.C13H27NO/c1-8-9-10-12(11-14(2,3)4)13(17)16-15(5,6)7;1-8-9-10-11(13(2,3)4)12(16)15-14(5,6)7;1-7-8-9-11(10(2)3)12(15)14-13(4,5)6/h12H,8-11H2,1-7H3,(H,16,17);11H,8-10H2,1-7H3,(H,15,16);10-11H,7-9H2,1-6H3,(H,14,15). The third-order valence-corrected chi connectivity index (χ3v) is 7.85. The predicted octanol–water partition coefficient (Wildman–Crippen LogP) is 11.3. The molecular formula is C42H87N3O3. The first-order chi connectivity index (χ1) is 21.4. The van der Waals surface area contributed by atoms with Gasteiger partial charge in [-0.15, -0.1) is 0 Å². The highest BCUT2D eigenvalue weighted by Crippen LogP contribution is 2.31. The van der Waals surface area contributed by atoms with E-state index in [4.69, 9.17) is 0 Å². The zero-order valence-electron chi connectivity index (χ0n) is 36.1. The number of hydrogen-bond donors (Lipinski definition) is 3. The lowest BCUT2D eigenvalue weighted by Gasteiger charge is -2.32. The molecule has 0 spiro atoms. The molecule has 0 aromatic carbocycles. The van der Waals surface area contributed by atoms with Gasteiger partial charge in [-0.2, -0.15) is 0 Å². The molecule has 3 atom stereocenters. The molecule has 0 bridgehead atoms. The van der Waals surface area contributed by atoms with Gasteiger partial charge in [-0.3, -0.25) is 14.4 Å². The van der Waals surface area contributed by atoms with Gasteiger partial charge >= 0.3 is 0 Å². The molecule has 0 fully saturated rings. The quantitative estimate of drug-likeness (QED) is 0.170. The van der Waals surface area contributed by atoms with Crippen LogP contribution in [-0.4, -0.2) is 34.3 Å². The second-order valence-electron chi connectivity index (χ2n) is 19.9. The minimum absolute atomic E-state index is 0.0461. The van der Waals surface area contributed by atoms with Crippen LogP contribution in [0.25, 0.3) is 0 Å². The molecule has 6 heteroatoms. The summed E-state index contributed by atoms with van der Waals surface area (Å²) in [5.41, 5.74) is -0.110. The number of hydrogen-bond acceptors (Lipinski definition) is 3. The van der Waals surface area contributed by atoms with Crippen LogP contribution < -0.4 is 16.0 Å². The molecule has 3 amide bonds. The second kappa shape index (κ2) is 23.0. The van der Waals surface area contributed by atoms with Crippen molar-refractivity contribution in [2.24, 2.45) is 34.5 Å². The van der Waals surface area contributed by atoms with Gasteiger partial charge < -0.3 is 16.0 Å². The highest BCUT2D eigenvalue weighted by Gasteiger charge is 2.32. The predicted molar refractivity (Wildman–Crippen MR) is 211 cm³/mol. The summed E-state index contributed by atoms with van der Waals surface area (Å²) < 4.78 is 0. The van der Waals surface area contributed by atoms with Crippen molar-refractivity contribution in [1.29, 1.82) is 0 Å². The van der Waals surface area contributed by atoms with E-state index < -0.39 is 0 Å². The fraction of sp³-hybridized carbons (Fsp3) is 0.929. The molecule has 0 rings (SSSR count). The van der Waals surface area contributed by atoms with E-state index in [1.807, 2.05) is 62.3 Å². The molecular weight excluding hydrogens is 594 g/mol. The van der Waals surface area contributed by atoms with Gasteiger partial charge in [0.25, 0.3) is 0 Å². The Bertz CT molecular complexity index is 874. The fourth-order valence-electron chi connectivity index (χ4n) is 5.46. The Morgan fingerprint density at radius 2 is 0.854 bits per heavy atom. The van der Waals surface area contributed by atoms with Crippen LogP contribution in [0.2, 0.25) is 0 Å². The zero-order valence-corrected chi connectivity index (χ0v) is 36.1. The van der Waals surface area contributed by atoms with Crippen molar-refractivity contribution >= 4 is 17.7 Å². The van der Waals surface area contributed by atoms with E-state index in [0.29, 0.717) is 5.92 Å². The minimum Gasteiger partial charge on any atom is -0.351 e. The molecule has 0 heterocycles. The molecule has 0 radical (unpaired) electrons. The van der Waals surface area contributed by atoms with Crippen molar-refractivity contribution in [3.05, 3.63) is 0 Å². The first-order valence-electron chi connectivity index (χ1n) is 19.4. The smallest absolute Gasteiger partial charge is 0.224 e. The molecule has 288 valence electrons. The summed E-state index contributed by atoms with van der Waals surface area (Å²) in [7, 11) is 0. The van der Waals surface area contributed by atoms with Gasteiger partial charge in [-0.25, -0.2) is 0 Å². The maximum atomic E-state index is 12.2. The number of nitrogens with one attached hydrogen (secondary N) is 3. The topological polar surface area (TPSA) is 87.3 Å². The van der Waals surface area contributed by atoms with Gasteiger partial charge in [0.15, 0.2) is 0 Å². The lowest BCUT2D eigenvalue weighted by atomic mass is 9.77. The first-order valence-corrected chi connectivity index (χ1v) is 19.4. The Labute approximate surface area is 301 Å². The Balaban J connectivity index is -0.000000634. The largest absolute Gasteiger partial charge is 0.351 e. The van der Waals surface area contributed by atoms with Gasteiger partial charge in [-0.05, 0) is 105 Å². The molecule has 0 aromatic rings. The van der Waals surface area contributed by atoms with Crippen molar-refractivity contribution in [3.8, 4) is 0 Å². The maximum absolute atomic E-state index is 12.2. The Kier molecular flexibility index (Phi) is 24.3. The van der Waals surface area contributed by atoms with Gasteiger partial charge in [0.05, 0.1) is 0 Å². The zero-order chi connectivity index (χ0) is 38.7. The van der Waals surface area contributed by atoms with E-state index in [9.17, 15) is 14.4 Å². The van der Waals surface area contributed by atoms with Gasteiger partial charge in [0.2, 0.25) is 17.7 Å². The van der Waals surface area contributed by atoms with Crippen molar-refractivity contribution in [2.45, 2.75) is 219 Å². The van der Waals surface area contributed by atoms with Crippen LogP contribution in [0.1, 0.15) is 203 Å². The molecule has 3 unspecified atom stereocenters. The van der Waals surface area contributed by atoms with E-state index in [0.717, 1.165) is 64.2 Å². The summed E-state index contributed by atoms with van der Waals surface area (Å²) >= 11 is 0. The molecule has 0 aliphatic rings. The summed E-state index contributed by atoms with van der Waals surface area (Å²) in [5, 5.41) is 9.28. The van der Waals surface area contributed by atoms with Crippen LogP contribution in [0.5, 0.6) is 0 Å². The van der Waals surface area contributed by atoms with Crippen molar-refractivity contribution in [2.75, 3.05) is 0 Å². The fourth-order valence-corrected chi connectivity index (χ4v) is 5.46. The van der Waals surface area contributed by atoms with E-state index in [1.165, 1.54) is 0 Å². The summed E-state index contributed by atoms with van der Waals surface area (Å²) in [4.78, 5) is 36.4. The van der Waals surface area contributed by atoms with Crippen LogP contribution >= 0.6 is 0 Å². The summed E-state index contributed by atoms with van der Waals surface area (Å²) in [6, 6.07) is 0. The van der Waals surface area contributed by atoms with Crippen LogP contribution in [-0.2, 0) is 14.4 Å². The molecule has 0 aromatic heterocycles. The van der Waals surface area contributed by atoms with E-state index >= 15 is 0 Å². The first kappa shape index (κ1) is 50.8. The van der Waals surface area contributed by atoms with E-state index in [1.54, 1.807) is 0 Å². The number of carbonyl (C=O) groups is 3. The van der Waals surface area contributed by atoms with Gasteiger partial charge in [-0.1, -0.05) is 115 Å². The average Bonchev–Trinajstić information content (AvgIpc) is 2.83. The average molecular weight is 682 g/mol.